The average molecular weight is 459 g/mol. The zero-order valence-corrected chi connectivity index (χ0v) is 19.5. The van der Waals surface area contributed by atoms with Gasteiger partial charge in [-0.15, -0.1) is 0 Å². The van der Waals surface area contributed by atoms with Crippen LogP contribution in [0.25, 0.3) is 11.1 Å². The number of carbonyl (C=O) groups excluding carboxylic acids is 2. The topological polar surface area (TPSA) is 87.7 Å². The molecule has 0 heterocycles. The average Bonchev–Trinajstić information content (AvgIpc) is 3.10. The Morgan fingerprint density at radius 1 is 0.941 bits per heavy atom. The van der Waals surface area contributed by atoms with Crippen LogP contribution in [0.1, 0.15) is 55.8 Å². The number of carboxylic acid groups (broad SMARTS) is 1. The first-order chi connectivity index (χ1) is 16.2. The van der Waals surface area contributed by atoms with E-state index in [2.05, 4.69) is 17.4 Å². The first-order valence-corrected chi connectivity index (χ1v) is 11.3. The molecule has 6 heteroatoms. The Hall–Kier alpha value is -3.80. The van der Waals surface area contributed by atoms with Gasteiger partial charge in [-0.25, -0.2) is 4.79 Å². The summed E-state index contributed by atoms with van der Waals surface area (Å²) in [5.41, 5.74) is 4.67. The first kappa shape index (κ1) is 23.4. The molecule has 176 valence electrons. The molecule has 0 unspecified atom stereocenters. The van der Waals surface area contributed by atoms with Crippen LogP contribution in [0.5, 0.6) is 5.75 Å². The van der Waals surface area contributed by atoms with Gasteiger partial charge in [0.05, 0.1) is 6.04 Å². The second-order valence-corrected chi connectivity index (χ2v) is 9.39. The lowest BCUT2D eigenvalue weighted by Gasteiger charge is -2.24. The number of amides is 1. The van der Waals surface area contributed by atoms with Gasteiger partial charge in [-0.05, 0) is 60.7 Å². The van der Waals surface area contributed by atoms with Gasteiger partial charge in [0.15, 0.2) is 0 Å². The molecular formula is C28H28NO5-. The highest BCUT2D eigenvalue weighted by molar-refractivity contribution is 5.79. The van der Waals surface area contributed by atoms with E-state index in [-0.39, 0.29) is 18.9 Å². The number of carbonyl (C=O) groups is 2. The predicted molar refractivity (Wildman–Crippen MR) is 127 cm³/mol. The smallest absolute Gasteiger partial charge is 0.407 e. The summed E-state index contributed by atoms with van der Waals surface area (Å²) >= 11 is 0. The molecule has 1 atom stereocenters. The van der Waals surface area contributed by atoms with Crippen LogP contribution in [0.4, 0.5) is 4.79 Å². The maximum absolute atomic E-state index is 12.7. The number of aliphatic carboxylic acids is 1. The fourth-order valence-electron chi connectivity index (χ4n) is 4.35. The van der Waals surface area contributed by atoms with Crippen LogP contribution in [-0.4, -0.2) is 24.3 Å². The summed E-state index contributed by atoms with van der Waals surface area (Å²) in [7, 11) is 0. The van der Waals surface area contributed by atoms with E-state index in [1.165, 1.54) is 0 Å². The van der Waals surface area contributed by atoms with Gasteiger partial charge in [-0.3, -0.25) is 0 Å². The van der Waals surface area contributed by atoms with E-state index >= 15 is 0 Å². The highest BCUT2D eigenvalue weighted by Gasteiger charge is 2.29. The number of hydrogen-bond donors (Lipinski definition) is 1. The fourth-order valence-corrected chi connectivity index (χ4v) is 4.35. The van der Waals surface area contributed by atoms with Crippen molar-refractivity contribution >= 4 is 12.1 Å². The van der Waals surface area contributed by atoms with Gasteiger partial charge >= 0.3 is 6.09 Å². The second kappa shape index (κ2) is 9.59. The molecule has 34 heavy (non-hydrogen) atoms. The Labute approximate surface area is 199 Å². The number of ether oxygens (including phenoxy) is 2. The number of benzene rings is 3. The third-order valence-electron chi connectivity index (χ3n) is 5.69. The van der Waals surface area contributed by atoms with Crippen molar-refractivity contribution in [2.45, 2.75) is 44.8 Å². The minimum absolute atomic E-state index is 0.0822. The molecule has 0 spiro atoms. The van der Waals surface area contributed by atoms with E-state index in [1.54, 1.807) is 24.3 Å². The Morgan fingerprint density at radius 3 is 2.15 bits per heavy atom. The summed E-state index contributed by atoms with van der Waals surface area (Å²) < 4.78 is 11.5. The van der Waals surface area contributed by atoms with E-state index in [0.29, 0.717) is 11.3 Å². The lowest BCUT2D eigenvalue weighted by atomic mass is 9.98. The van der Waals surface area contributed by atoms with Crippen molar-refractivity contribution in [3.05, 3.63) is 89.5 Å². The van der Waals surface area contributed by atoms with Crippen molar-refractivity contribution in [1.82, 2.24) is 5.32 Å². The molecule has 1 N–H and O–H groups in total. The molecule has 1 aliphatic rings. The lowest BCUT2D eigenvalue weighted by Crippen LogP contribution is -2.35. The maximum atomic E-state index is 12.7. The minimum Gasteiger partial charge on any atom is -0.550 e. The summed E-state index contributed by atoms with van der Waals surface area (Å²) in [6.45, 7) is 5.92. The van der Waals surface area contributed by atoms with Crippen molar-refractivity contribution in [2.75, 3.05) is 6.61 Å². The van der Waals surface area contributed by atoms with E-state index in [4.69, 9.17) is 9.47 Å². The number of fused-ring (bicyclic) bond motifs is 3. The number of nitrogens with one attached hydrogen (secondary N) is 1. The molecule has 3 aromatic rings. The Bertz CT molecular complexity index is 1150. The number of alkyl carbamates (subject to hydrolysis) is 1. The van der Waals surface area contributed by atoms with E-state index in [0.717, 1.165) is 22.3 Å². The first-order valence-electron chi connectivity index (χ1n) is 11.3. The van der Waals surface area contributed by atoms with Crippen LogP contribution in [0.15, 0.2) is 72.8 Å². The summed E-state index contributed by atoms with van der Waals surface area (Å²) in [6, 6.07) is 22.4. The zero-order chi connectivity index (χ0) is 24.3. The number of rotatable bonds is 7. The third kappa shape index (κ3) is 5.39. The van der Waals surface area contributed by atoms with Gasteiger partial charge in [-0.1, -0.05) is 60.7 Å². The zero-order valence-electron chi connectivity index (χ0n) is 19.5. The van der Waals surface area contributed by atoms with Crippen LogP contribution in [0.3, 0.4) is 0 Å². The van der Waals surface area contributed by atoms with Crippen LogP contribution >= 0.6 is 0 Å². The van der Waals surface area contributed by atoms with Gasteiger partial charge in [0.2, 0.25) is 0 Å². The molecular weight excluding hydrogens is 430 g/mol. The SMILES string of the molecule is CC(C)(C)Oc1cccc([C@@H](CC(=O)[O-])NC(=O)OCC2c3ccccc3-c3ccccc32)c1. The monoisotopic (exact) mass is 458 g/mol. The van der Waals surface area contributed by atoms with E-state index < -0.39 is 23.7 Å². The number of carboxylic acids is 1. The van der Waals surface area contributed by atoms with Crippen molar-refractivity contribution in [1.29, 1.82) is 0 Å². The van der Waals surface area contributed by atoms with Crippen LogP contribution < -0.4 is 15.2 Å². The Balaban J connectivity index is 1.48. The molecule has 0 fully saturated rings. The second-order valence-electron chi connectivity index (χ2n) is 9.39. The summed E-state index contributed by atoms with van der Waals surface area (Å²) in [6.07, 6.45) is -1.07. The largest absolute Gasteiger partial charge is 0.550 e. The third-order valence-corrected chi connectivity index (χ3v) is 5.69. The Morgan fingerprint density at radius 2 is 1.56 bits per heavy atom. The molecule has 0 bridgehead atoms. The van der Waals surface area contributed by atoms with Crippen molar-refractivity contribution in [3.8, 4) is 16.9 Å². The van der Waals surface area contributed by atoms with Crippen molar-refractivity contribution in [3.63, 3.8) is 0 Å². The van der Waals surface area contributed by atoms with Crippen molar-refractivity contribution in [2.24, 2.45) is 0 Å². The molecule has 4 rings (SSSR count). The molecule has 1 amide bonds. The quantitative estimate of drug-likeness (QED) is 0.560. The standard InChI is InChI=1S/C28H29NO5/c1-28(2,3)34-19-10-8-9-18(15-19)25(16-26(30)31)29-27(32)33-17-24-22-13-6-4-11-20(22)21-12-5-7-14-23(21)24/h4-15,24-25H,16-17H2,1-3H3,(H,29,32)(H,30,31)/p-1/t25-/m1/s1. The normalized spacial score (nSPS) is 13.5. The minimum atomic E-state index is -1.27. The molecule has 6 nitrogen and oxygen atoms in total. The van der Waals surface area contributed by atoms with Crippen LogP contribution in [-0.2, 0) is 9.53 Å². The van der Waals surface area contributed by atoms with Crippen molar-refractivity contribution < 1.29 is 24.2 Å². The fraction of sp³-hybridized carbons (Fsp3) is 0.286. The van der Waals surface area contributed by atoms with Gasteiger partial charge in [0.25, 0.3) is 0 Å². The molecule has 0 saturated carbocycles. The Kier molecular flexibility index (Phi) is 6.59. The molecule has 0 aliphatic heterocycles. The molecule has 1 aliphatic carbocycles. The van der Waals surface area contributed by atoms with Crippen LogP contribution in [0.2, 0.25) is 0 Å². The van der Waals surface area contributed by atoms with E-state index in [9.17, 15) is 14.7 Å². The lowest BCUT2D eigenvalue weighted by molar-refractivity contribution is -0.306. The number of hydrogen-bond acceptors (Lipinski definition) is 5. The van der Waals surface area contributed by atoms with Gasteiger partial charge in [0.1, 0.15) is 18.0 Å². The molecule has 0 saturated heterocycles. The van der Waals surface area contributed by atoms with Gasteiger partial charge in [-0.2, -0.15) is 0 Å². The molecule has 0 aromatic heterocycles. The molecule has 0 radical (unpaired) electrons. The summed E-state index contributed by atoms with van der Waals surface area (Å²) in [4.78, 5) is 24.1. The highest BCUT2D eigenvalue weighted by Crippen LogP contribution is 2.44. The maximum Gasteiger partial charge on any atom is 0.407 e. The highest BCUT2D eigenvalue weighted by atomic mass is 16.5. The van der Waals surface area contributed by atoms with Gasteiger partial charge < -0.3 is 24.7 Å². The summed E-state index contributed by atoms with van der Waals surface area (Å²) in [5, 5.41) is 14.1. The summed E-state index contributed by atoms with van der Waals surface area (Å²) in [5.74, 6) is -0.768. The molecule has 3 aromatic carbocycles. The van der Waals surface area contributed by atoms with Crippen LogP contribution in [0, 0.1) is 0 Å². The van der Waals surface area contributed by atoms with E-state index in [1.807, 2.05) is 57.2 Å². The van der Waals surface area contributed by atoms with Gasteiger partial charge in [0, 0.05) is 18.3 Å². The predicted octanol–water partition coefficient (Wildman–Crippen LogP) is 4.58.